The second-order valence-corrected chi connectivity index (χ2v) is 4.99. The molecule has 7 nitrogen and oxygen atoms in total. The molecule has 2 N–H and O–H groups in total. The Morgan fingerprint density at radius 1 is 1.25 bits per heavy atom. The van der Waals surface area contributed by atoms with Crippen LogP contribution in [0.3, 0.4) is 0 Å². The quantitative estimate of drug-likeness (QED) is 0.661. The summed E-state index contributed by atoms with van der Waals surface area (Å²) >= 11 is 0. The molecule has 2 aromatic carbocycles. The van der Waals surface area contributed by atoms with E-state index in [-0.39, 0.29) is 11.7 Å². The molecule has 1 aliphatic rings. The minimum atomic E-state index is -0.379. The van der Waals surface area contributed by atoms with Gasteiger partial charge in [0.15, 0.2) is 11.5 Å². The molecule has 0 saturated carbocycles. The average Bonchev–Trinajstić information content (AvgIpc) is 2.61. The number of methoxy groups -OCH3 is 1. The van der Waals surface area contributed by atoms with Crippen molar-refractivity contribution in [1.29, 1.82) is 0 Å². The Balaban J connectivity index is 1.72. The number of nitrogens with one attached hydrogen (secondary N) is 1. The summed E-state index contributed by atoms with van der Waals surface area (Å²) < 4.78 is 16.3. The topological polar surface area (TPSA) is 89.4 Å². The van der Waals surface area contributed by atoms with Crippen molar-refractivity contribution in [1.82, 2.24) is 5.43 Å². The standard InChI is InChI=1S/C17H16N2O5/c1-22-14-8-11(9-15-16(14)24-7-6-23-15)10-18-19-17(21)12-2-4-13(20)5-3-12/h2-5,8-10,20H,6-7H2,1H3,(H,19,21)/b18-10-. The number of fused-ring (bicyclic) bond motifs is 1. The molecule has 0 unspecified atom stereocenters. The van der Waals surface area contributed by atoms with E-state index in [1.165, 1.54) is 30.5 Å². The molecule has 1 amide bonds. The first kappa shape index (κ1) is 15.7. The SMILES string of the molecule is COc1cc(/C=N\NC(=O)c2ccc(O)cc2)cc2c1OCCO2. The first-order valence-electron chi connectivity index (χ1n) is 7.27. The third kappa shape index (κ3) is 3.40. The van der Waals surface area contributed by atoms with Gasteiger partial charge >= 0.3 is 0 Å². The van der Waals surface area contributed by atoms with Crippen molar-refractivity contribution in [3.63, 3.8) is 0 Å². The lowest BCUT2D eigenvalue weighted by Crippen LogP contribution is -2.18. The van der Waals surface area contributed by atoms with Crippen LogP contribution in [0.2, 0.25) is 0 Å². The average molecular weight is 328 g/mol. The van der Waals surface area contributed by atoms with Gasteiger partial charge in [-0.15, -0.1) is 0 Å². The molecular weight excluding hydrogens is 312 g/mol. The number of amides is 1. The third-order valence-corrected chi connectivity index (χ3v) is 3.36. The second-order valence-electron chi connectivity index (χ2n) is 4.99. The van der Waals surface area contributed by atoms with E-state index >= 15 is 0 Å². The maximum absolute atomic E-state index is 11.9. The molecular formula is C17H16N2O5. The first-order valence-corrected chi connectivity index (χ1v) is 7.27. The number of nitrogens with zero attached hydrogens (tertiary/aromatic N) is 1. The number of benzene rings is 2. The molecule has 0 spiro atoms. The summed E-state index contributed by atoms with van der Waals surface area (Å²) in [5.41, 5.74) is 3.51. The van der Waals surface area contributed by atoms with Crippen LogP contribution >= 0.6 is 0 Å². The zero-order valence-electron chi connectivity index (χ0n) is 13.0. The van der Waals surface area contributed by atoms with Gasteiger partial charge in [0, 0.05) is 11.1 Å². The molecule has 0 atom stereocenters. The molecule has 1 aliphatic heterocycles. The van der Waals surface area contributed by atoms with Gasteiger partial charge in [0.25, 0.3) is 5.91 Å². The number of ether oxygens (including phenoxy) is 3. The normalized spacial score (nSPS) is 12.9. The monoisotopic (exact) mass is 328 g/mol. The van der Waals surface area contributed by atoms with Crippen molar-refractivity contribution in [3.05, 3.63) is 47.5 Å². The zero-order chi connectivity index (χ0) is 16.9. The summed E-state index contributed by atoms with van der Waals surface area (Å²) in [6.45, 7) is 0.938. The van der Waals surface area contributed by atoms with Crippen molar-refractivity contribution in [2.45, 2.75) is 0 Å². The number of aromatic hydroxyl groups is 1. The highest BCUT2D eigenvalue weighted by Crippen LogP contribution is 2.39. The van der Waals surface area contributed by atoms with Gasteiger partial charge in [0.2, 0.25) is 5.75 Å². The Bertz CT molecular complexity index is 754. The summed E-state index contributed by atoms with van der Waals surface area (Å²) in [5, 5.41) is 13.1. The predicted molar refractivity (Wildman–Crippen MR) is 87.2 cm³/mol. The van der Waals surface area contributed by atoms with Gasteiger partial charge in [-0.25, -0.2) is 5.43 Å². The Kier molecular flexibility index (Phi) is 4.51. The summed E-state index contributed by atoms with van der Waals surface area (Å²) in [6, 6.07) is 9.38. The zero-order valence-corrected chi connectivity index (χ0v) is 13.0. The molecule has 0 aromatic heterocycles. The lowest BCUT2D eigenvalue weighted by Gasteiger charge is -2.20. The van der Waals surface area contributed by atoms with Crippen LogP contribution < -0.4 is 19.6 Å². The minimum absolute atomic E-state index is 0.0958. The number of hydrogen-bond donors (Lipinski definition) is 2. The van der Waals surface area contributed by atoms with Gasteiger partial charge < -0.3 is 19.3 Å². The summed E-state index contributed by atoms with van der Waals surface area (Å²) in [4.78, 5) is 11.9. The number of hydrogen-bond acceptors (Lipinski definition) is 6. The first-order chi connectivity index (χ1) is 11.7. The van der Waals surface area contributed by atoms with E-state index in [9.17, 15) is 9.90 Å². The minimum Gasteiger partial charge on any atom is -0.508 e. The number of phenolic OH excluding ortho intramolecular Hbond substituents is 1. The maximum atomic E-state index is 11.9. The number of rotatable bonds is 4. The number of carbonyl (C=O) groups excluding carboxylic acids is 1. The van der Waals surface area contributed by atoms with E-state index in [0.29, 0.717) is 41.6 Å². The fourth-order valence-electron chi connectivity index (χ4n) is 2.21. The smallest absolute Gasteiger partial charge is 0.271 e. The lowest BCUT2D eigenvalue weighted by atomic mass is 10.2. The molecule has 7 heteroatoms. The lowest BCUT2D eigenvalue weighted by molar-refractivity contribution is 0.0955. The highest BCUT2D eigenvalue weighted by atomic mass is 16.6. The van der Waals surface area contributed by atoms with Crippen molar-refractivity contribution in [2.75, 3.05) is 20.3 Å². The van der Waals surface area contributed by atoms with Gasteiger partial charge in [0.1, 0.15) is 19.0 Å². The summed E-state index contributed by atoms with van der Waals surface area (Å²) in [6.07, 6.45) is 1.49. The van der Waals surface area contributed by atoms with Crippen LogP contribution in [0.1, 0.15) is 15.9 Å². The summed E-state index contributed by atoms with van der Waals surface area (Å²) in [5.74, 6) is 1.40. The van der Waals surface area contributed by atoms with Crippen molar-refractivity contribution >= 4 is 12.1 Å². The number of hydrazone groups is 1. The Morgan fingerprint density at radius 3 is 2.75 bits per heavy atom. The Morgan fingerprint density at radius 2 is 2.00 bits per heavy atom. The van der Waals surface area contributed by atoms with Crippen molar-refractivity contribution in [3.8, 4) is 23.0 Å². The van der Waals surface area contributed by atoms with Crippen LogP contribution in [0.4, 0.5) is 0 Å². The molecule has 0 aliphatic carbocycles. The molecule has 0 saturated heterocycles. The predicted octanol–water partition coefficient (Wildman–Crippen LogP) is 1.94. The molecule has 0 radical (unpaired) electrons. The highest BCUT2D eigenvalue weighted by molar-refractivity contribution is 5.95. The van der Waals surface area contributed by atoms with E-state index in [1.54, 1.807) is 19.2 Å². The fourth-order valence-corrected chi connectivity index (χ4v) is 2.21. The molecule has 0 fully saturated rings. The van der Waals surface area contributed by atoms with Crippen molar-refractivity contribution in [2.24, 2.45) is 5.10 Å². The van der Waals surface area contributed by atoms with Gasteiger partial charge in [-0.1, -0.05) is 0 Å². The van der Waals surface area contributed by atoms with Crippen LogP contribution in [-0.2, 0) is 0 Å². The van der Waals surface area contributed by atoms with E-state index < -0.39 is 0 Å². The molecule has 124 valence electrons. The van der Waals surface area contributed by atoms with E-state index in [2.05, 4.69) is 10.5 Å². The van der Waals surface area contributed by atoms with Gasteiger partial charge in [0.05, 0.1) is 13.3 Å². The number of phenols is 1. The van der Waals surface area contributed by atoms with E-state index in [0.717, 1.165) is 0 Å². The Hall–Kier alpha value is -3.22. The van der Waals surface area contributed by atoms with Crippen LogP contribution in [-0.4, -0.2) is 37.6 Å². The van der Waals surface area contributed by atoms with Crippen LogP contribution in [0.5, 0.6) is 23.0 Å². The maximum Gasteiger partial charge on any atom is 0.271 e. The molecule has 3 rings (SSSR count). The van der Waals surface area contributed by atoms with Crippen LogP contribution in [0.15, 0.2) is 41.5 Å². The van der Waals surface area contributed by atoms with Crippen LogP contribution in [0.25, 0.3) is 0 Å². The molecule has 1 heterocycles. The van der Waals surface area contributed by atoms with Crippen LogP contribution in [0, 0.1) is 0 Å². The van der Waals surface area contributed by atoms with Gasteiger partial charge in [-0.2, -0.15) is 5.10 Å². The molecule has 24 heavy (non-hydrogen) atoms. The highest BCUT2D eigenvalue weighted by Gasteiger charge is 2.17. The summed E-state index contributed by atoms with van der Waals surface area (Å²) in [7, 11) is 1.54. The van der Waals surface area contributed by atoms with Gasteiger partial charge in [-0.05, 0) is 36.4 Å². The molecule has 0 bridgehead atoms. The van der Waals surface area contributed by atoms with Crippen molar-refractivity contribution < 1.29 is 24.1 Å². The second kappa shape index (κ2) is 6.91. The van der Waals surface area contributed by atoms with E-state index in [4.69, 9.17) is 14.2 Å². The largest absolute Gasteiger partial charge is 0.508 e. The number of carbonyl (C=O) groups is 1. The fraction of sp³-hybridized carbons (Fsp3) is 0.176. The molecule has 2 aromatic rings. The third-order valence-electron chi connectivity index (χ3n) is 3.36. The van der Waals surface area contributed by atoms with Gasteiger partial charge in [-0.3, -0.25) is 4.79 Å². The van der Waals surface area contributed by atoms with E-state index in [1.807, 2.05) is 0 Å². The Labute approximate surface area is 138 Å².